The van der Waals surface area contributed by atoms with Gasteiger partial charge in [0.25, 0.3) is 0 Å². The van der Waals surface area contributed by atoms with Gasteiger partial charge in [0.2, 0.25) is 0 Å². The Labute approximate surface area is 172 Å². The maximum absolute atomic E-state index is 5.76. The first kappa shape index (κ1) is 17.8. The molecule has 144 valence electrons. The molecule has 0 atom stereocenters. The summed E-state index contributed by atoms with van der Waals surface area (Å²) in [5, 5.41) is 0.921. The van der Waals surface area contributed by atoms with Crippen LogP contribution >= 0.6 is 11.3 Å². The SMILES string of the molecule is Cc1nc2ccc(CCN)cn2c1-c1nc(-c2ccccc2)c(-c2ncc[nH]2)s1. The Morgan fingerprint density at radius 3 is 2.72 bits per heavy atom. The van der Waals surface area contributed by atoms with Gasteiger partial charge in [-0.3, -0.25) is 4.40 Å². The molecule has 0 spiro atoms. The lowest BCUT2D eigenvalue weighted by atomic mass is 10.1. The standard InChI is InChI=1S/C22H20N6S/c1-14-19(28-13-15(9-10-23)7-8-17(28)26-14)22-27-18(16-5-3-2-4-6-16)20(29-22)21-24-11-12-25-21/h2-8,11-13H,9-10,23H2,1H3,(H,24,25). The van der Waals surface area contributed by atoms with Gasteiger partial charge >= 0.3 is 0 Å². The molecule has 0 aliphatic heterocycles. The van der Waals surface area contributed by atoms with Crippen LogP contribution in [-0.4, -0.2) is 30.9 Å². The molecule has 5 aromatic rings. The number of benzene rings is 1. The van der Waals surface area contributed by atoms with Crippen LogP contribution in [0.25, 0.3) is 38.3 Å². The lowest BCUT2D eigenvalue weighted by Crippen LogP contribution is -2.03. The number of aromatic nitrogens is 5. The van der Waals surface area contributed by atoms with E-state index in [1.807, 2.05) is 37.4 Å². The van der Waals surface area contributed by atoms with Crippen LogP contribution in [0.5, 0.6) is 0 Å². The molecule has 4 heterocycles. The molecular formula is C22H20N6S. The zero-order chi connectivity index (χ0) is 19.8. The monoisotopic (exact) mass is 400 g/mol. The van der Waals surface area contributed by atoms with Gasteiger partial charge in [-0.05, 0) is 31.5 Å². The predicted molar refractivity (Wildman–Crippen MR) is 117 cm³/mol. The van der Waals surface area contributed by atoms with Crippen LogP contribution in [0.2, 0.25) is 0 Å². The number of rotatable bonds is 5. The van der Waals surface area contributed by atoms with Gasteiger partial charge in [-0.2, -0.15) is 0 Å². The van der Waals surface area contributed by atoms with Crippen molar-refractivity contribution in [2.45, 2.75) is 13.3 Å². The molecule has 0 amide bonds. The molecule has 0 saturated carbocycles. The highest BCUT2D eigenvalue weighted by atomic mass is 32.1. The molecule has 4 aromatic heterocycles. The van der Waals surface area contributed by atoms with E-state index >= 15 is 0 Å². The number of thiazole rings is 1. The maximum atomic E-state index is 5.76. The van der Waals surface area contributed by atoms with Crippen molar-refractivity contribution in [3.8, 4) is 32.7 Å². The molecule has 0 unspecified atom stereocenters. The van der Waals surface area contributed by atoms with Crippen molar-refractivity contribution >= 4 is 17.0 Å². The summed E-state index contributed by atoms with van der Waals surface area (Å²) in [5.41, 5.74) is 11.8. The minimum absolute atomic E-state index is 0.618. The second-order valence-corrected chi connectivity index (χ2v) is 7.85. The molecule has 0 aliphatic rings. The van der Waals surface area contributed by atoms with E-state index in [2.05, 4.69) is 38.8 Å². The van der Waals surface area contributed by atoms with E-state index in [-0.39, 0.29) is 0 Å². The highest BCUT2D eigenvalue weighted by Crippen LogP contribution is 2.40. The van der Waals surface area contributed by atoms with Crippen molar-refractivity contribution in [1.29, 1.82) is 0 Å². The van der Waals surface area contributed by atoms with Crippen LogP contribution in [-0.2, 0) is 6.42 Å². The van der Waals surface area contributed by atoms with Crippen molar-refractivity contribution in [1.82, 2.24) is 24.3 Å². The maximum Gasteiger partial charge on any atom is 0.149 e. The fraction of sp³-hybridized carbons (Fsp3) is 0.136. The third-order valence-electron chi connectivity index (χ3n) is 4.88. The first-order chi connectivity index (χ1) is 14.2. The van der Waals surface area contributed by atoms with E-state index in [9.17, 15) is 0 Å². The second kappa shape index (κ2) is 7.27. The molecule has 5 rings (SSSR count). The topological polar surface area (TPSA) is 84.9 Å². The van der Waals surface area contributed by atoms with Gasteiger partial charge in [-0.25, -0.2) is 15.0 Å². The number of nitrogens with zero attached hydrogens (tertiary/aromatic N) is 4. The van der Waals surface area contributed by atoms with Crippen molar-refractivity contribution in [2.75, 3.05) is 6.54 Å². The Hall–Kier alpha value is -3.29. The smallest absolute Gasteiger partial charge is 0.149 e. The Bertz CT molecular complexity index is 1270. The van der Waals surface area contributed by atoms with E-state index in [0.717, 1.165) is 50.4 Å². The Morgan fingerprint density at radius 1 is 1.10 bits per heavy atom. The summed E-state index contributed by atoms with van der Waals surface area (Å²) in [6, 6.07) is 14.3. The zero-order valence-electron chi connectivity index (χ0n) is 16.0. The quantitative estimate of drug-likeness (QED) is 0.460. The average molecular weight is 401 g/mol. The van der Waals surface area contributed by atoms with E-state index < -0.39 is 0 Å². The number of aryl methyl sites for hydroxylation is 1. The van der Waals surface area contributed by atoms with Crippen molar-refractivity contribution in [3.63, 3.8) is 0 Å². The van der Waals surface area contributed by atoms with E-state index in [1.165, 1.54) is 5.56 Å². The van der Waals surface area contributed by atoms with Gasteiger partial charge in [0.1, 0.15) is 22.2 Å². The lowest BCUT2D eigenvalue weighted by Gasteiger charge is -2.03. The molecule has 3 N–H and O–H groups in total. The fourth-order valence-corrected chi connectivity index (χ4v) is 4.68. The third-order valence-corrected chi connectivity index (χ3v) is 5.95. The number of H-pyrrole nitrogens is 1. The number of nitrogens with two attached hydrogens (primary N) is 1. The number of aromatic amines is 1. The molecule has 1 aromatic carbocycles. The minimum atomic E-state index is 0.618. The second-order valence-electron chi connectivity index (χ2n) is 6.85. The van der Waals surface area contributed by atoms with Gasteiger partial charge in [0.05, 0.1) is 16.3 Å². The van der Waals surface area contributed by atoms with E-state index in [0.29, 0.717) is 6.54 Å². The Kier molecular flexibility index (Phi) is 4.46. The molecule has 0 bridgehead atoms. The normalized spacial score (nSPS) is 11.4. The van der Waals surface area contributed by atoms with E-state index in [1.54, 1.807) is 17.5 Å². The third kappa shape index (κ3) is 3.14. The average Bonchev–Trinajstić information content (AvgIpc) is 3.46. The minimum Gasteiger partial charge on any atom is -0.344 e. The van der Waals surface area contributed by atoms with Crippen LogP contribution < -0.4 is 5.73 Å². The molecule has 0 fully saturated rings. The zero-order valence-corrected chi connectivity index (χ0v) is 16.8. The van der Waals surface area contributed by atoms with Gasteiger partial charge in [-0.15, -0.1) is 11.3 Å². The Morgan fingerprint density at radius 2 is 1.97 bits per heavy atom. The van der Waals surface area contributed by atoms with Crippen molar-refractivity contribution in [2.24, 2.45) is 5.73 Å². The molecule has 0 saturated heterocycles. The number of imidazole rings is 2. The summed E-state index contributed by atoms with van der Waals surface area (Å²) in [4.78, 5) is 18.5. The van der Waals surface area contributed by atoms with E-state index in [4.69, 9.17) is 15.7 Å². The Balaban J connectivity index is 1.73. The molecular weight excluding hydrogens is 380 g/mol. The highest BCUT2D eigenvalue weighted by Gasteiger charge is 2.21. The summed E-state index contributed by atoms with van der Waals surface area (Å²) < 4.78 is 2.12. The van der Waals surface area contributed by atoms with Gasteiger partial charge < -0.3 is 10.7 Å². The van der Waals surface area contributed by atoms with Crippen LogP contribution in [0.4, 0.5) is 0 Å². The van der Waals surface area contributed by atoms with Crippen molar-refractivity contribution < 1.29 is 0 Å². The number of nitrogens with one attached hydrogen (secondary N) is 1. The first-order valence-electron chi connectivity index (χ1n) is 9.48. The van der Waals surface area contributed by atoms with Crippen LogP contribution in [0.3, 0.4) is 0 Å². The number of hydrogen-bond acceptors (Lipinski definition) is 5. The largest absolute Gasteiger partial charge is 0.344 e. The predicted octanol–water partition coefficient (Wildman–Crippen LogP) is 4.32. The summed E-state index contributed by atoms with van der Waals surface area (Å²) in [6.45, 7) is 2.65. The first-order valence-corrected chi connectivity index (χ1v) is 10.3. The molecule has 0 radical (unpaired) electrons. The number of fused-ring (bicyclic) bond motifs is 1. The van der Waals surface area contributed by atoms with Crippen LogP contribution in [0.1, 0.15) is 11.3 Å². The number of pyridine rings is 1. The molecule has 6 nitrogen and oxygen atoms in total. The van der Waals surface area contributed by atoms with Gasteiger partial charge in [-0.1, -0.05) is 36.4 Å². The summed E-state index contributed by atoms with van der Waals surface area (Å²) in [7, 11) is 0. The lowest BCUT2D eigenvalue weighted by molar-refractivity contribution is 0.952. The summed E-state index contributed by atoms with van der Waals surface area (Å²) in [5.74, 6) is 0.822. The van der Waals surface area contributed by atoms with Crippen LogP contribution in [0, 0.1) is 6.92 Å². The van der Waals surface area contributed by atoms with Crippen molar-refractivity contribution in [3.05, 3.63) is 72.3 Å². The fourth-order valence-electron chi connectivity index (χ4n) is 3.54. The highest BCUT2D eigenvalue weighted by molar-refractivity contribution is 7.18. The van der Waals surface area contributed by atoms with Crippen LogP contribution in [0.15, 0.2) is 61.1 Å². The summed E-state index contributed by atoms with van der Waals surface area (Å²) >= 11 is 1.63. The number of hydrogen-bond donors (Lipinski definition) is 2. The molecule has 29 heavy (non-hydrogen) atoms. The van der Waals surface area contributed by atoms with Gasteiger partial charge in [0, 0.05) is 24.2 Å². The van der Waals surface area contributed by atoms with Gasteiger partial charge in [0.15, 0.2) is 0 Å². The molecule has 0 aliphatic carbocycles. The summed E-state index contributed by atoms with van der Waals surface area (Å²) in [6.07, 6.45) is 6.55. The molecule has 7 heteroatoms.